The molecule has 0 bridgehead atoms. The van der Waals surface area contributed by atoms with Crippen LogP contribution in [-0.2, 0) is 4.74 Å². The number of nitrogens with two attached hydrogens (primary N) is 2. The fourth-order valence-corrected chi connectivity index (χ4v) is 4.31. The number of nitrogens with zero attached hydrogens (tertiary/aromatic N) is 3. The number of fused-ring (bicyclic) bond motifs is 1. The lowest BCUT2D eigenvalue weighted by Crippen LogP contribution is -2.14. The van der Waals surface area contributed by atoms with E-state index < -0.39 is 5.91 Å². The molecule has 2 aromatic heterocycles. The molecule has 1 aliphatic rings. The highest BCUT2D eigenvalue weighted by molar-refractivity contribution is 6.31. The van der Waals surface area contributed by atoms with Crippen molar-refractivity contribution in [2.45, 2.75) is 38.2 Å². The number of imidazole rings is 1. The van der Waals surface area contributed by atoms with Gasteiger partial charge >= 0.3 is 0 Å². The first-order valence-corrected chi connectivity index (χ1v) is 13.2. The number of hydrogen-bond acceptors (Lipinski definition) is 6. The van der Waals surface area contributed by atoms with E-state index in [2.05, 4.69) is 19.9 Å². The minimum absolute atomic E-state index is 0.127. The smallest absolute Gasteiger partial charge is 0.252 e. The van der Waals surface area contributed by atoms with Crippen LogP contribution in [0, 0.1) is 11.2 Å². The number of amidine groups is 1. The van der Waals surface area contributed by atoms with E-state index in [-0.39, 0.29) is 11.7 Å². The standard InChI is InChI=1S/C14H11FN6.C8H8ClNO2.C7H14O/c15-9-4-2-1-3-8(9)14-20-10-5-11(13(17)19-7-16)18-6-12(10)21-14;1-12-7-3-2-5(9)4-6(7)8(10)11;1-8-7-5-3-2-4-6-7/h1-7H,(H,20,21)(H3,16,17,19);2-4H,1H3,(H2,10,11);7H,2-6H2,1H3. The molecule has 0 aliphatic heterocycles. The molecule has 10 nitrogen and oxygen atoms in total. The average Bonchev–Trinajstić information content (AvgIpc) is 3.42. The van der Waals surface area contributed by atoms with Crippen molar-refractivity contribution < 1.29 is 18.7 Å². The Kier molecular flexibility index (Phi) is 11.7. The second kappa shape index (κ2) is 15.4. The van der Waals surface area contributed by atoms with Crippen molar-refractivity contribution >= 4 is 40.7 Å². The number of nitrogens with one attached hydrogen (secondary N) is 2. The normalized spacial score (nSPS) is 13.4. The largest absolute Gasteiger partial charge is 0.496 e. The van der Waals surface area contributed by atoms with E-state index in [1.165, 1.54) is 51.3 Å². The minimum atomic E-state index is -0.547. The summed E-state index contributed by atoms with van der Waals surface area (Å²) in [5.74, 6) is 0.0860. The topological polar surface area (TPSA) is 165 Å². The number of carbonyl (C=O) groups is 1. The van der Waals surface area contributed by atoms with Crippen LogP contribution < -0.4 is 16.2 Å². The first-order chi connectivity index (χ1) is 19.8. The van der Waals surface area contributed by atoms with Gasteiger partial charge < -0.3 is 25.9 Å². The molecule has 0 saturated heterocycles. The summed E-state index contributed by atoms with van der Waals surface area (Å²) in [6.45, 7) is 0. The summed E-state index contributed by atoms with van der Waals surface area (Å²) < 4.78 is 23.9. The van der Waals surface area contributed by atoms with Gasteiger partial charge in [0.1, 0.15) is 29.4 Å². The van der Waals surface area contributed by atoms with Crippen molar-refractivity contribution in [3.8, 4) is 17.1 Å². The maximum absolute atomic E-state index is 13.8. The predicted molar refractivity (Wildman–Crippen MR) is 159 cm³/mol. The Morgan fingerprint density at radius 3 is 2.49 bits per heavy atom. The summed E-state index contributed by atoms with van der Waals surface area (Å²) >= 11 is 5.65. The van der Waals surface area contributed by atoms with Crippen molar-refractivity contribution in [1.29, 1.82) is 5.41 Å². The summed E-state index contributed by atoms with van der Waals surface area (Å²) in [5.41, 5.74) is 13.1. The fourth-order valence-electron chi connectivity index (χ4n) is 4.14. The molecule has 6 N–H and O–H groups in total. The van der Waals surface area contributed by atoms with Gasteiger partial charge in [0.25, 0.3) is 5.91 Å². The minimum Gasteiger partial charge on any atom is -0.496 e. The second-order valence-electron chi connectivity index (χ2n) is 9.00. The quantitative estimate of drug-likeness (QED) is 0.173. The Balaban J connectivity index is 0.000000194. The summed E-state index contributed by atoms with van der Waals surface area (Å²) in [6, 6.07) is 12.7. The first-order valence-electron chi connectivity index (χ1n) is 12.9. The van der Waals surface area contributed by atoms with Crippen molar-refractivity contribution in [1.82, 2.24) is 15.0 Å². The lowest BCUT2D eigenvalue weighted by Gasteiger charge is -2.19. The third-order valence-corrected chi connectivity index (χ3v) is 6.51. The van der Waals surface area contributed by atoms with Crippen LogP contribution in [0.25, 0.3) is 22.4 Å². The highest BCUT2D eigenvalue weighted by Gasteiger charge is 2.12. The maximum atomic E-state index is 13.8. The van der Waals surface area contributed by atoms with E-state index in [4.69, 9.17) is 38.0 Å². The molecule has 12 heteroatoms. The number of aromatic nitrogens is 3. The number of methoxy groups -OCH3 is 2. The van der Waals surface area contributed by atoms with Gasteiger partial charge in [-0.1, -0.05) is 43.0 Å². The first kappa shape index (κ1) is 31.2. The molecule has 216 valence electrons. The second-order valence-corrected chi connectivity index (χ2v) is 9.44. The molecular formula is C29H33ClFN7O3. The van der Waals surface area contributed by atoms with Gasteiger partial charge in [-0.3, -0.25) is 15.2 Å². The average molecular weight is 582 g/mol. The van der Waals surface area contributed by atoms with Crippen LogP contribution in [0.1, 0.15) is 48.2 Å². The molecule has 1 aliphatic carbocycles. The summed E-state index contributed by atoms with van der Waals surface area (Å²) in [5, 5.41) is 7.36. The molecule has 1 amide bonds. The van der Waals surface area contributed by atoms with E-state index in [0.29, 0.717) is 50.6 Å². The van der Waals surface area contributed by atoms with E-state index >= 15 is 0 Å². The van der Waals surface area contributed by atoms with Crippen LogP contribution in [0.15, 0.2) is 59.7 Å². The van der Waals surface area contributed by atoms with Crippen molar-refractivity contribution in [2.75, 3.05) is 14.2 Å². The monoisotopic (exact) mass is 581 g/mol. The van der Waals surface area contributed by atoms with E-state index in [9.17, 15) is 9.18 Å². The zero-order valence-corrected chi connectivity index (χ0v) is 23.6. The third kappa shape index (κ3) is 8.82. The van der Waals surface area contributed by atoms with Crippen LogP contribution in [0.2, 0.25) is 5.02 Å². The van der Waals surface area contributed by atoms with Gasteiger partial charge in [-0.05, 0) is 49.2 Å². The molecule has 0 spiro atoms. The molecular weight excluding hydrogens is 549 g/mol. The highest BCUT2D eigenvalue weighted by Crippen LogP contribution is 2.23. The van der Waals surface area contributed by atoms with Gasteiger partial charge in [-0.2, -0.15) is 0 Å². The number of amides is 1. The lowest BCUT2D eigenvalue weighted by molar-refractivity contribution is 0.0710. The molecule has 0 atom stereocenters. The number of ether oxygens (including phenoxy) is 2. The molecule has 4 aromatic rings. The molecule has 41 heavy (non-hydrogen) atoms. The number of aliphatic imine (C=N–C) groups is 1. The maximum Gasteiger partial charge on any atom is 0.252 e. The van der Waals surface area contributed by atoms with Gasteiger partial charge in [0.2, 0.25) is 0 Å². The van der Waals surface area contributed by atoms with Crippen molar-refractivity contribution in [3.05, 3.63) is 76.8 Å². The summed E-state index contributed by atoms with van der Waals surface area (Å²) in [4.78, 5) is 26.0. The van der Waals surface area contributed by atoms with Crippen LogP contribution in [-0.4, -0.2) is 53.4 Å². The lowest BCUT2D eigenvalue weighted by atomic mass is 9.98. The molecule has 0 radical (unpaired) electrons. The van der Waals surface area contributed by atoms with Crippen molar-refractivity contribution in [3.63, 3.8) is 0 Å². The van der Waals surface area contributed by atoms with Gasteiger partial charge in [0.15, 0.2) is 5.84 Å². The van der Waals surface area contributed by atoms with E-state index in [1.807, 2.05) is 7.11 Å². The third-order valence-electron chi connectivity index (χ3n) is 6.28. The molecule has 2 aromatic carbocycles. The number of pyridine rings is 1. The summed E-state index contributed by atoms with van der Waals surface area (Å²) in [7, 11) is 3.28. The number of carbonyl (C=O) groups excluding carboxylic acids is 1. The SMILES string of the molecule is COC1CCCCC1.COc1ccc(Cl)cc1C(N)=O.N=CN=C(N)c1cc2nc(-c3ccccc3F)[nH]c2cn1. The van der Waals surface area contributed by atoms with Gasteiger partial charge in [0.05, 0.1) is 41.6 Å². The van der Waals surface area contributed by atoms with Crippen LogP contribution >= 0.6 is 11.6 Å². The number of halogens is 2. The Labute approximate surface area is 242 Å². The fraction of sp³-hybridized carbons (Fsp3) is 0.276. The number of aromatic amines is 1. The van der Waals surface area contributed by atoms with Gasteiger partial charge in [0, 0.05) is 12.1 Å². The number of hydrogen-bond donors (Lipinski definition) is 4. The van der Waals surface area contributed by atoms with Crippen molar-refractivity contribution in [2.24, 2.45) is 16.5 Å². The number of benzene rings is 2. The predicted octanol–water partition coefficient (Wildman–Crippen LogP) is 5.49. The molecule has 1 fully saturated rings. The van der Waals surface area contributed by atoms with Crippen LogP contribution in [0.3, 0.4) is 0 Å². The number of primary amides is 1. The Hall–Kier alpha value is -4.35. The van der Waals surface area contributed by atoms with E-state index in [0.717, 1.165) is 6.34 Å². The Morgan fingerprint density at radius 1 is 1.15 bits per heavy atom. The molecule has 0 unspecified atom stereocenters. The van der Waals surface area contributed by atoms with Crippen LogP contribution in [0.4, 0.5) is 4.39 Å². The Bertz CT molecular complexity index is 1500. The Morgan fingerprint density at radius 2 is 1.88 bits per heavy atom. The van der Waals surface area contributed by atoms with Crippen LogP contribution in [0.5, 0.6) is 5.75 Å². The van der Waals surface area contributed by atoms with E-state index in [1.54, 1.807) is 42.6 Å². The molecule has 2 heterocycles. The zero-order valence-electron chi connectivity index (χ0n) is 22.9. The highest BCUT2D eigenvalue weighted by atomic mass is 35.5. The summed E-state index contributed by atoms with van der Waals surface area (Å²) in [6.07, 6.45) is 9.72. The van der Waals surface area contributed by atoms with Gasteiger partial charge in [-0.25, -0.2) is 14.4 Å². The number of H-pyrrole nitrogens is 1. The van der Waals surface area contributed by atoms with Gasteiger partial charge in [-0.15, -0.1) is 0 Å². The zero-order chi connectivity index (χ0) is 29.8. The number of rotatable bonds is 6. The molecule has 5 rings (SSSR count). The molecule has 1 saturated carbocycles.